The molecule has 212 valence electrons. The molecule has 3 aromatic carbocycles. The topological polar surface area (TPSA) is 68.2 Å². The molecule has 0 amide bonds. The number of ether oxygens (including phenoxy) is 2. The zero-order chi connectivity index (χ0) is 28.6. The molecule has 0 fully saturated rings. The number of aliphatic hydroxyl groups is 2. The molecule has 0 saturated heterocycles. The van der Waals surface area contributed by atoms with E-state index in [2.05, 4.69) is 69.3 Å². The standard InChI is InChI=1S/C33H46O5Si/c1-24(31(34)25(2)32(35)26(3)37-23-27-18-20-28(36-7)21-19-27)22-38-39(33(4,5)6,29-14-10-8-11-15-29)30-16-12-9-13-17-30/h8-21,24-26,31-32,34-35H,22-23H2,1-7H3/t24-,25+,26+,31-,32+/m1/s1. The SMILES string of the molecule is COc1ccc(CO[C@@H](C)[C@@H](O)[C@@H](C)[C@H](O)[C@H](C)CO[Si](c2ccccc2)(c2ccccc2)C(C)(C)C)cc1. The van der Waals surface area contributed by atoms with E-state index in [4.69, 9.17) is 13.9 Å². The average molecular weight is 551 g/mol. The molecule has 0 spiro atoms. The van der Waals surface area contributed by atoms with Gasteiger partial charge in [-0.2, -0.15) is 0 Å². The van der Waals surface area contributed by atoms with Gasteiger partial charge in [0.05, 0.1) is 32.0 Å². The van der Waals surface area contributed by atoms with Crippen molar-refractivity contribution in [2.24, 2.45) is 11.8 Å². The molecule has 0 bridgehead atoms. The minimum absolute atomic E-state index is 0.144. The van der Waals surface area contributed by atoms with E-state index in [-0.39, 0.29) is 11.0 Å². The second-order valence-corrected chi connectivity index (χ2v) is 16.0. The maximum atomic E-state index is 11.3. The van der Waals surface area contributed by atoms with Crippen LogP contribution in [0, 0.1) is 11.8 Å². The number of benzene rings is 3. The van der Waals surface area contributed by atoms with Crippen LogP contribution in [0.1, 0.15) is 47.1 Å². The smallest absolute Gasteiger partial charge is 0.261 e. The molecule has 3 rings (SSSR count). The zero-order valence-electron chi connectivity index (χ0n) is 24.5. The summed E-state index contributed by atoms with van der Waals surface area (Å²) in [4.78, 5) is 0. The van der Waals surface area contributed by atoms with Crippen LogP contribution in [-0.4, -0.2) is 50.6 Å². The van der Waals surface area contributed by atoms with Gasteiger partial charge in [-0.25, -0.2) is 0 Å². The van der Waals surface area contributed by atoms with E-state index in [9.17, 15) is 10.2 Å². The highest BCUT2D eigenvalue weighted by Gasteiger charge is 2.50. The van der Waals surface area contributed by atoms with Gasteiger partial charge >= 0.3 is 0 Å². The lowest BCUT2D eigenvalue weighted by molar-refractivity contribution is -0.0921. The van der Waals surface area contributed by atoms with E-state index in [1.807, 2.05) is 57.2 Å². The molecule has 0 radical (unpaired) electrons. The van der Waals surface area contributed by atoms with E-state index in [1.165, 1.54) is 10.4 Å². The first-order valence-corrected chi connectivity index (χ1v) is 15.8. The summed E-state index contributed by atoms with van der Waals surface area (Å²) in [6.45, 7) is 13.2. The molecule has 0 heterocycles. The fourth-order valence-electron chi connectivity index (χ4n) is 5.31. The van der Waals surface area contributed by atoms with Gasteiger partial charge < -0.3 is 24.1 Å². The molecular weight excluding hydrogens is 504 g/mol. The molecule has 5 nitrogen and oxygen atoms in total. The largest absolute Gasteiger partial charge is 0.497 e. The molecule has 5 atom stereocenters. The first kappa shape index (κ1) is 31.0. The fraction of sp³-hybridized carbons (Fsp3) is 0.455. The van der Waals surface area contributed by atoms with Crippen LogP contribution in [-0.2, 0) is 15.8 Å². The summed E-state index contributed by atoms with van der Waals surface area (Å²) in [7, 11) is -1.07. The summed E-state index contributed by atoms with van der Waals surface area (Å²) in [5, 5.41) is 24.6. The lowest BCUT2D eigenvalue weighted by atomic mass is 9.88. The predicted octanol–water partition coefficient (Wildman–Crippen LogP) is 5.17. The molecule has 0 aliphatic rings. The van der Waals surface area contributed by atoms with Crippen LogP contribution in [0.15, 0.2) is 84.9 Å². The number of hydrogen-bond donors (Lipinski definition) is 2. The summed E-state index contributed by atoms with van der Waals surface area (Å²) in [6.07, 6.45) is -2.03. The third-order valence-corrected chi connectivity index (χ3v) is 12.8. The Bertz CT molecular complexity index is 1070. The van der Waals surface area contributed by atoms with Crippen molar-refractivity contribution >= 4 is 18.7 Å². The first-order valence-electron chi connectivity index (χ1n) is 13.9. The van der Waals surface area contributed by atoms with Crippen LogP contribution in [0.3, 0.4) is 0 Å². The number of methoxy groups -OCH3 is 1. The third-order valence-electron chi connectivity index (χ3n) is 7.79. The van der Waals surface area contributed by atoms with E-state index < -0.39 is 32.5 Å². The van der Waals surface area contributed by atoms with Crippen molar-refractivity contribution < 1.29 is 24.1 Å². The zero-order valence-corrected chi connectivity index (χ0v) is 25.5. The number of hydrogen-bond acceptors (Lipinski definition) is 5. The van der Waals surface area contributed by atoms with Crippen molar-refractivity contribution in [1.82, 2.24) is 0 Å². The van der Waals surface area contributed by atoms with Crippen molar-refractivity contribution in [3.63, 3.8) is 0 Å². The first-order chi connectivity index (χ1) is 18.5. The Morgan fingerprint density at radius 3 is 1.72 bits per heavy atom. The highest BCUT2D eigenvalue weighted by Crippen LogP contribution is 2.37. The van der Waals surface area contributed by atoms with Gasteiger partial charge in [-0.05, 0) is 40.0 Å². The van der Waals surface area contributed by atoms with E-state index >= 15 is 0 Å². The molecule has 39 heavy (non-hydrogen) atoms. The Morgan fingerprint density at radius 1 is 0.744 bits per heavy atom. The van der Waals surface area contributed by atoms with Gasteiger partial charge in [0.25, 0.3) is 8.32 Å². The van der Waals surface area contributed by atoms with Gasteiger partial charge in [0.2, 0.25) is 0 Å². The van der Waals surface area contributed by atoms with Gasteiger partial charge in [-0.3, -0.25) is 0 Å². The number of aliphatic hydroxyl groups excluding tert-OH is 2. The molecule has 0 aromatic heterocycles. The Morgan fingerprint density at radius 2 is 1.26 bits per heavy atom. The Labute approximate surface area is 235 Å². The summed E-state index contributed by atoms with van der Waals surface area (Å²) < 4.78 is 18.2. The fourth-order valence-corrected chi connectivity index (χ4v) is 9.98. The van der Waals surface area contributed by atoms with Gasteiger partial charge in [-0.1, -0.05) is 107 Å². The normalized spacial score (nSPS) is 16.2. The van der Waals surface area contributed by atoms with Crippen molar-refractivity contribution in [2.45, 2.75) is 71.5 Å². The Kier molecular flexibility index (Phi) is 10.9. The minimum atomic E-state index is -2.71. The molecule has 0 aliphatic heterocycles. The van der Waals surface area contributed by atoms with Gasteiger partial charge in [0, 0.05) is 18.4 Å². The van der Waals surface area contributed by atoms with Crippen molar-refractivity contribution in [2.75, 3.05) is 13.7 Å². The maximum Gasteiger partial charge on any atom is 0.261 e. The summed E-state index contributed by atoms with van der Waals surface area (Å²) in [5.41, 5.74) is 0.995. The molecule has 6 heteroatoms. The molecule has 2 N–H and O–H groups in total. The van der Waals surface area contributed by atoms with Gasteiger partial charge in [0.1, 0.15) is 5.75 Å². The quantitative estimate of drug-likeness (QED) is 0.288. The van der Waals surface area contributed by atoms with E-state index in [0.717, 1.165) is 11.3 Å². The third kappa shape index (κ3) is 7.38. The van der Waals surface area contributed by atoms with Crippen LogP contribution in [0.2, 0.25) is 5.04 Å². The molecular formula is C33H46O5Si. The van der Waals surface area contributed by atoms with Crippen LogP contribution in [0.25, 0.3) is 0 Å². The highest BCUT2D eigenvalue weighted by atomic mass is 28.4. The molecule has 0 saturated carbocycles. The van der Waals surface area contributed by atoms with E-state index in [1.54, 1.807) is 7.11 Å². The van der Waals surface area contributed by atoms with Crippen LogP contribution in [0.5, 0.6) is 5.75 Å². The summed E-state index contributed by atoms with van der Waals surface area (Å²) >= 11 is 0. The van der Waals surface area contributed by atoms with Gasteiger partial charge in [-0.15, -0.1) is 0 Å². The minimum Gasteiger partial charge on any atom is -0.497 e. The van der Waals surface area contributed by atoms with E-state index in [0.29, 0.717) is 13.2 Å². The maximum absolute atomic E-state index is 11.3. The second kappa shape index (κ2) is 13.7. The second-order valence-electron chi connectivity index (χ2n) is 11.7. The lowest BCUT2D eigenvalue weighted by Gasteiger charge is -2.44. The van der Waals surface area contributed by atoms with Crippen LogP contribution >= 0.6 is 0 Å². The summed E-state index contributed by atoms with van der Waals surface area (Å²) in [6, 6.07) is 28.7. The highest BCUT2D eigenvalue weighted by molar-refractivity contribution is 6.99. The average Bonchev–Trinajstić information content (AvgIpc) is 2.95. The molecule has 0 aliphatic carbocycles. The lowest BCUT2D eigenvalue weighted by Crippen LogP contribution is -2.67. The van der Waals surface area contributed by atoms with Gasteiger partial charge in [0.15, 0.2) is 0 Å². The predicted molar refractivity (Wildman–Crippen MR) is 161 cm³/mol. The summed E-state index contributed by atoms with van der Waals surface area (Å²) in [5.74, 6) is 0.205. The van der Waals surface area contributed by atoms with Crippen molar-refractivity contribution in [3.05, 3.63) is 90.5 Å². The van der Waals surface area contributed by atoms with Crippen LogP contribution < -0.4 is 15.1 Å². The van der Waals surface area contributed by atoms with Crippen molar-refractivity contribution in [3.8, 4) is 5.75 Å². The molecule has 0 unspecified atom stereocenters. The Hall–Kier alpha value is -2.48. The van der Waals surface area contributed by atoms with Crippen molar-refractivity contribution in [1.29, 1.82) is 0 Å². The molecule has 3 aromatic rings. The Balaban J connectivity index is 1.71. The van der Waals surface area contributed by atoms with Crippen LogP contribution in [0.4, 0.5) is 0 Å². The monoisotopic (exact) mass is 550 g/mol. The number of rotatable bonds is 13.